The number of hydrogen-bond acceptors (Lipinski definition) is 10. The Morgan fingerprint density at radius 1 is 1.25 bits per heavy atom. The molecular weight excluding hydrogens is 430 g/mol. The van der Waals surface area contributed by atoms with Gasteiger partial charge in [0, 0.05) is 23.1 Å². The van der Waals surface area contributed by atoms with Gasteiger partial charge in [0.1, 0.15) is 18.9 Å². The fraction of sp³-hybridized carbons (Fsp3) is 0.667. The SMILES string of the molecule is CCOC(=O)OC[C@H]1O[C@@H](n2cc(C)c(=O)n(C(C)OC(=O)OCC)c2=O)C[C@@H]1N=[N+]=[N-]. The third kappa shape index (κ3) is 5.80. The van der Waals surface area contributed by atoms with Gasteiger partial charge in [-0.05, 0) is 33.2 Å². The molecule has 0 N–H and O–H groups in total. The Morgan fingerprint density at radius 2 is 1.91 bits per heavy atom. The number of nitrogens with zero attached hydrogens (tertiary/aromatic N) is 5. The molecule has 0 radical (unpaired) electrons. The predicted molar refractivity (Wildman–Crippen MR) is 107 cm³/mol. The van der Waals surface area contributed by atoms with E-state index in [1.54, 1.807) is 13.8 Å². The van der Waals surface area contributed by atoms with Crippen LogP contribution in [-0.2, 0) is 23.7 Å². The van der Waals surface area contributed by atoms with Gasteiger partial charge in [-0.15, -0.1) is 0 Å². The van der Waals surface area contributed by atoms with Gasteiger partial charge >= 0.3 is 18.0 Å². The molecule has 0 saturated carbocycles. The van der Waals surface area contributed by atoms with E-state index in [2.05, 4.69) is 19.5 Å². The number of azide groups is 1. The van der Waals surface area contributed by atoms with E-state index in [0.29, 0.717) is 0 Å². The zero-order valence-corrected chi connectivity index (χ0v) is 18.1. The van der Waals surface area contributed by atoms with Crippen molar-refractivity contribution in [3.8, 4) is 0 Å². The Bertz CT molecular complexity index is 998. The molecule has 1 aliphatic heterocycles. The second-order valence-corrected chi connectivity index (χ2v) is 6.71. The highest BCUT2D eigenvalue weighted by atomic mass is 16.7. The Morgan fingerprint density at radius 3 is 2.53 bits per heavy atom. The molecule has 0 bridgehead atoms. The van der Waals surface area contributed by atoms with Crippen molar-refractivity contribution in [2.45, 2.75) is 58.7 Å². The molecule has 176 valence electrons. The zero-order valence-electron chi connectivity index (χ0n) is 18.1. The Balaban J connectivity index is 2.32. The number of rotatable bonds is 8. The normalized spacial score (nSPS) is 20.7. The lowest BCUT2D eigenvalue weighted by atomic mass is 10.1. The van der Waals surface area contributed by atoms with Crippen molar-refractivity contribution >= 4 is 12.3 Å². The minimum atomic E-state index is -1.25. The topological polar surface area (TPSA) is 173 Å². The van der Waals surface area contributed by atoms with Crippen LogP contribution < -0.4 is 11.2 Å². The average Bonchev–Trinajstić information content (AvgIpc) is 3.12. The van der Waals surface area contributed by atoms with E-state index in [4.69, 9.17) is 19.7 Å². The largest absolute Gasteiger partial charge is 0.510 e. The minimum Gasteiger partial charge on any atom is -0.435 e. The molecule has 2 rings (SSSR count). The van der Waals surface area contributed by atoms with E-state index in [-0.39, 0.29) is 31.8 Å². The maximum Gasteiger partial charge on any atom is 0.510 e. The molecule has 1 aromatic heterocycles. The molecule has 14 heteroatoms. The Kier molecular flexibility index (Phi) is 8.67. The van der Waals surface area contributed by atoms with Crippen molar-refractivity contribution in [3.05, 3.63) is 43.0 Å². The number of ether oxygens (including phenoxy) is 5. The molecule has 0 aromatic carbocycles. The first-order valence-electron chi connectivity index (χ1n) is 9.90. The highest BCUT2D eigenvalue weighted by molar-refractivity contribution is 5.60. The van der Waals surface area contributed by atoms with Crippen molar-refractivity contribution in [1.82, 2.24) is 9.13 Å². The van der Waals surface area contributed by atoms with Crippen LogP contribution in [0.1, 0.15) is 45.2 Å². The first-order valence-corrected chi connectivity index (χ1v) is 9.90. The van der Waals surface area contributed by atoms with Crippen molar-refractivity contribution in [1.29, 1.82) is 0 Å². The summed E-state index contributed by atoms with van der Waals surface area (Å²) >= 11 is 0. The van der Waals surface area contributed by atoms with Crippen molar-refractivity contribution in [3.63, 3.8) is 0 Å². The first-order chi connectivity index (χ1) is 15.2. The summed E-state index contributed by atoms with van der Waals surface area (Å²) in [7, 11) is 0. The number of carbonyl (C=O) groups excluding carboxylic acids is 2. The lowest BCUT2D eigenvalue weighted by Gasteiger charge is -2.20. The lowest BCUT2D eigenvalue weighted by Crippen LogP contribution is -2.44. The summed E-state index contributed by atoms with van der Waals surface area (Å²) < 4.78 is 27.0. The molecule has 32 heavy (non-hydrogen) atoms. The number of carbonyl (C=O) groups is 2. The van der Waals surface area contributed by atoms with E-state index >= 15 is 0 Å². The molecule has 0 amide bonds. The van der Waals surface area contributed by atoms with Crippen molar-refractivity contribution < 1.29 is 33.3 Å². The molecule has 1 unspecified atom stereocenters. The standard InChI is InChI=1S/C18H25N5O9/c1-5-28-17(26)30-9-13-12(20-21-19)7-14(32-13)22-8-10(3)15(24)23(16(22)25)11(4)31-18(27)29-6-2/h8,11-14H,5-7,9H2,1-4H3/t11?,12-,13+,14+/m0/s1. The Labute approximate surface area is 182 Å². The zero-order chi connectivity index (χ0) is 23.8. The third-order valence-electron chi connectivity index (χ3n) is 4.55. The molecule has 4 atom stereocenters. The second kappa shape index (κ2) is 11.2. The summed E-state index contributed by atoms with van der Waals surface area (Å²) in [5.74, 6) is 0. The van der Waals surface area contributed by atoms with Crippen LogP contribution in [0, 0.1) is 6.92 Å². The van der Waals surface area contributed by atoms with Gasteiger partial charge < -0.3 is 23.7 Å². The van der Waals surface area contributed by atoms with Gasteiger partial charge in [0.25, 0.3) is 5.56 Å². The molecule has 1 aromatic rings. The predicted octanol–water partition coefficient (Wildman–Crippen LogP) is 2.15. The van der Waals surface area contributed by atoms with Gasteiger partial charge in [-0.1, -0.05) is 5.11 Å². The maximum absolute atomic E-state index is 13.0. The second-order valence-electron chi connectivity index (χ2n) is 6.71. The summed E-state index contributed by atoms with van der Waals surface area (Å²) in [5.41, 5.74) is 7.55. The summed E-state index contributed by atoms with van der Waals surface area (Å²) in [4.78, 5) is 51.4. The van der Waals surface area contributed by atoms with Crippen LogP contribution in [0.3, 0.4) is 0 Å². The fourth-order valence-electron chi connectivity index (χ4n) is 3.12. The highest BCUT2D eigenvalue weighted by Crippen LogP contribution is 2.30. The summed E-state index contributed by atoms with van der Waals surface area (Å²) in [6.07, 6.45) is -3.61. The van der Waals surface area contributed by atoms with E-state index in [0.717, 1.165) is 9.13 Å². The quantitative estimate of drug-likeness (QED) is 0.246. The average molecular weight is 455 g/mol. The van der Waals surface area contributed by atoms with Gasteiger partial charge in [0.2, 0.25) is 0 Å². The van der Waals surface area contributed by atoms with E-state index < -0.39 is 48.2 Å². The molecule has 0 aliphatic carbocycles. The van der Waals surface area contributed by atoms with E-state index in [1.807, 2.05) is 0 Å². The molecular formula is C18H25N5O9. The van der Waals surface area contributed by atoms with Crippen LogP contribution in [0.15, 0.2) is 20.9 Å². The van der Waals surface area contributed by atoms with Crippen molar-refractivity contribution in [2.75, 3.05) is 19.8 Å². The van der Waals surface area contributed by atoms with Crippen molar-refractivity contribution in [2.24, 2.45) is 5.11 Å². The van der Waals surface area contributed by atoms with Crippen LogP contribution in [-0.4, -0.2) is 53.4 Å². The van der Waals surface area contributed by atoms with Gasteiger partial charge in [-0.25, -0.2) is 19.0 Å². The van der Waals surface area contributed by atoms with Gasteiger partial charge in [0.15, 0.2) is 6.23 Å². The maximum atomic E-state index is 13.0. The molecule has 14 nitrogen and oxygen atoms in total. The van der Waals surface area contributed by atoms with Gasteiger partial charge in [-0.3, -0.25) is 9.36 Å². The van der Waals surface area contributed by atoms with Crippen LogP contribution in [0.4, 0.5) is 9.59 Å². The lowest BCUT2D eigenvalue weighted by molar-refractivity contribution is -0.0439. The summed E-state index contributed by atoms with van der Waals surface area (Å²) in [6, 6.07) is -0.750. The fourth-order valence-corrected chi connectivity index (χ4v) is 3.12. The van der Waals surface area contributed by atoms with Crippen LogP contribution >= 0.6 is 0 Å². The smallest absolute Gasteiger partial charge is 0.435 e. The van der Waals surface area contributed by atoms with Crippen LogP contribution in [0.2, 0.25) is 0 Å². The first kappa shape index (κ1) is 24.8. The van der Waals surface area contributed by atoms with Gasteiger partial charge in [-0.2, -0.15) is 0 Å². The number of aryl methyl sites for hydroxylation is 1. The number of aromatic nitrogens is 2. The minimum absolute atomic E-state index is 0.0600. The van der Waals surface area contributed by atoms with Gasteiger partial charge in [0.05, 0.1) is 19.3 Å². The van der Waals surface area contributed by atoms with Crippen LogP contribution in [0.25, 0.3) is 10.4 Å². The highest BCUT2D eigenvalue weighted by Gasteiger charge is 2.38. The van der Waals surface area contributed by atoms with Crippen LogP contribution in [0.5, 0.6) is 0 Å². The van der Waals surface area contributed by atoms with E-state index in [9.17, 15) is 19.2 Å². The third-order valence-corrected chi connectivity index (χ3v) is 4.55. The Hall–Kier alpha value is -3.51. The molecule has 1 saturated heterocycles. The number of hydrogen-bond donors (Lipinski definition) is 0. The van der Waals surface area contributed by atoms with E-state index in [1.165, 1.54) is 20.0 Å². The molecule has 1 fully saturated rings. The molecule has 1 aliphatic rings. The molecule has 0 spiro atoms. The summed E-state index contributed by atoms with van der Waals surface area (Å²) in [5, 5.41) is 3.65. The summed E-state index contributed by atoms with van der Waals surface area (Å²) in [6.45, 7) is 5.93. The monoisotopic (exact) mass is 455 g/mol. The molecule has 2 heterocycles.